The predicted molar refractivity (Wildman–Crippen MR) is 111 cm³/mol. The second-order valence-corrected chi connectivity index (χ2v) is 8.42. The highest BCUT2D eigenvalue weighted by Crippen LogP contribution is 2.23. The van der Waals surface area contributed by atoms with E-state index < -0.39 is 0 Å². The average molecular weight is 387 g/mol. The van der Waals surface area contributed by atoms with Crippen molar-refractivity contribution in [3.63, 3.8) is 0 Å². The largest absolute Gasteiger partial charge is 0.489 e. The predicted octanol–water partition coefficient (Wildman–Crippen LogP) is 3.95. The van der Waals surface area contributed by atoms with Gasteiger partial charge >= 0.3 is 0 Å². The Morgan fingerprint density at radius 1 is 1.27 bits per heavy atom. The molecule has 4 nitrogen and oxygen atoms in total. The second-order valence-electron chi connectivity index (χ2n) is 6.02. The SMILES string of the molecule is CC(SCc1ccccc1)C(=O)N/N=C/c1ccc(OC2CSC2)cc1. The Labute approximate surface area is 162 Å². The third-order valence-electron chi connectivity index (χ3n) is 3.89. The molecule has 1 heterocycles. The number of hydrogen-bond donors (Lipinski definition) is 1. The zero-order chi connectivity index (χ0) is 18.2. The standard InChI is InChI=1S/C20H22N2O2S2/c1-15(26-12-17-5-3-2-4-6-17)20(23)22-21-11-16-7-9-18(10-8-16)24-19-13-25-14-19/h2-11,15,19H,12-14H2,1H3,(H,22,23)/b21-11+. The van der Waals surface area contributed by atoms with Gasteiger partial charge in [0.15, 0.2) is 0 Å². The van der Waals surface area contributed by atoms with Crippen LogP contribution in [0, 0.1) is 0 Å². The van der Waals surface area contributed by atoms with Gasteiger partial charge in [0.25, 0.3) is 5.91 Å². The number of amides is 1. The maximum absolute atomic E-state index is 12.1. The number of hydrogen-bond acceptors (Lipinski definition) is 5. The third kappa shape index (κ3) is 5.81. The Morgan fingerprint density at radius 2 is 2.00 bits per heavy atom. The number of nitrogens with zero attached hydrogens (tertiary/aromatic N) is 1. The lowest BCUT2D eigenvalue weighted by atomic mass is 10.2. The summed E-state index contributed by atoms with van der Waals surface area (Å²) in [6.45, 7) is 1.89. The van der Waals surface area contributed by atoms with Gasteiger partial charge in [0.05, 0.1) is 11.5 Å². The average Bonchev–Trinajstić information content (AvgIpc) is 2.64. The fourth-order valence-corrected chi connectivity index (χ4v) is 3.64. The number of carbonyl (C=O) groups is 1. The van der Waals surface area contributed by atoms with Crippen molar-refractivity contribution < 1.29 is 9.53 Å². The van der Waals surface area contributed by atoms with E-state index in [1.807, 2.05) is 61.2 Å². The van der Waals surface area contributed by atoms with E-state index in [1.54, 1.807) is 18.0 Å². The van der Waals surface area contributed by atoms with Gasteiger partial charge in [-0.2, -0.15) is 16.9 Å². The minimum Gasteiger partial charge on any atom is -0.489 e. The van der Waals surface area contributed by atoms with Crippen molar-refractivity contribution in [3.8, 4) is 5.75 Å². The van der Waals surface area contributed by atoms with Crippen molar-refractivity contribution in [3.05, 3.63) is 65.7 Å². The number of thioether (sulfide) groups is 2. The highest BCUT2D eigenvalue weighted by atomic mass is 32.2. The molecule has 136 valence electrons. The Hall–Kier alpha value is -1.92. The van der Waals surface area contributed by atoms with Gasteiger partial charge in [0.1, 0.15) is 11.9 Å². The van der Waals surface area contributed by atoms with Gasteiger partial charge in [-0.05, 0) is 42.3 Å². The van der Waals surface area contributed by atoms with E-state index in [9.17, 15) is 4.79 Å². The van der Waals surface area contributed by atoms with Gasteiger partial charge in [-0.1, -0.05) is 30.3 Å². The highest BCUT2D eigenvalue weighted by molar-refractivity contribution is 8.00. The van der Waals surface area contributed by atoms with Crippen molar-refractivity contribution in [2.45, 2.75) is 24.0 Å². The van der Waals surface area contributed by atoms with Crippen molar-refractivity contribution in [2.75, 3.05) is 11.5 Å². The summed E-state index contributed by atoms with van der Waals surface area (Å²) in [5, 5.41) is 3.89. The summed E-state index contributed by atoms with van der Waals surface area (Å²) in [7, 11) is 0. The van der Waals surface area contributed by atoms with Gasteiger partial charge in [0.2, 0.25) is 0 Å². The molecule has 0 spiro atoms. The molecule has 1 aliphatic rings. The van der Waals surface area contributed by atoms with E-state index in [4.69, 9.17) is 4.74 Å². The Bertz CT molecular complexity index is 731. The Kier molecular flexibility index (Phi) is 7.03. The molecule has 0 saturated carbocycles. The molecule has 2 aromatic carbocycles. The first kappa shape index (κ1) is 18.9. The molecule has 26 heavy (non-hydrogen) atoms. The number of rotatable bonds is 8. The quantitative estimate of drug-likeness (QED) is 0.551. The topological polar surface area (TPSA) is 50.7 Å². The van der Waals surface area contributed by atoms with Crippen molar-refractivity contribution in [2.24, 2.45) is 5.10 Å². The van der Waals surface area contributed by atoms with Crippen LogP contribution in [0.25, 0.3) is 0 Å². The van der Waals surface area contributed by atoms with Gasteiger partial charge in [-0.25, -0.2) is 5.43 Å². The van der Waals surface area contributed by atoms with Gasteiger partial charge in [-0.3, -0.25) is 4.79 Å². The van der Waals surface area contributed by atoms with Gasteiger partial charge in [-0.15, -0.1) is 11.8 Å². The number of nitrogens with one attached hydrogen (secondary N) is 1. The van der Waals surface area contributed by atoms with Crippen LogP contribution in [0.3, 0.4) is 0 Å². The lowest BCUT2D eigenvalue weighted by molar-refractivity contribution is -0.120. The maximum Gasteiger partial charge on any atom is 0.252 e. The summed E-state index contributed by atoms with van der Waals surface area (Å²) in [5.41, 5.74) is 4.74. The number of carbonyl (C=O) groups excluding carboxylic acids is 1. The van der Waals surface area contributed by atoms with Crippen molar-refractivity contribution >= 4 is 35.6 Å². The minimum atomic E-state index is -0.163. The first-order valence-electron chi connectivity index (χ1n) is 8.53. The first-order valence-corrected chi connectivity index (χ1v) is 10.7. The van der Waals surface area contributed by atoms with E-state index in [0.29, 0.717) is 6.10 Å². The van der Waals surface area contributed by atoms with Crippen molar-refractivity contribution in [1.29, 1.82) is 0 Å². The minimum absolute atomic E-state index is 0.0929. The molecule has 0 aliphatic carbocycles. The fraction of sp³-hybridized carbons (Fsp3) is 0.300. The normalized spacial score (nSPS) is 15.4. The van der Waals surface area contributed by atoms with Crippen LogP contribution >= 0.6 is 23.5 Å². The molecule has 3 rings (SSSR count). The van der Waals surface area contributed by atoms with Crippen LogP contribution in [-0.4, -0.2) is 35.0 Å². The summed E-state index contributed by atoms with van der Waals surface area (Å²) in [6, 6.07) is 17.9. The van der Waals surface area contributed by atoms with E-state index >= 15 is 0 Å². The van der Waals surface area contributed by atoms with Crippen LogP contribution in [-0.2, 0) is 10.5 Å². The molecule has 1 N–H and O–H groups in total. The molecule has 1 atom stereocenters. The molecule has 0 bridgehead atoms. The Morgan fingerprint density at radius 3 is 2.65 bits per heavy atom. The van der Waals surface area contributed by atoms with Crippen LogP contribution in [0.5, 0.6) is 5.75 Å². The summed E-state index contributed by atoms with van der Waals surface area (Å²) in [4.78, 5) is 12.1. The van der Waals surface area contributed by atoms with E-state index in [2.05, 4.69) is 22.7 Å². The maximum atomic E-state index is 12.1. The summed E-state index contributed by atoms with van der Waals surface area (Å²) in [5.74, 6) is 3.72. The molecule has 6 heteroatoms. The molecule has 0 radical (unpaired) electrons. The van der Waals surface area contributed by atoms with Crippen LogP contribution in [0.4, 0.5) is 0 Å². The molecule has 1 saturated heterocycles. The summed E-state index contributed by atoms with van der Waals surface area (Å²) >= 11 is 3.49. The lowest BCUT2D eigenvalue weighted by Gasteiger charge is -2.25. The summed E-state index contributed by atoms with van der Waals surface area (Å²) < 4.78 is 5.80. The van der Waals surface area contributed by atoms with Crippen LogP contribution in [0.2, 0.25) is 0 Å². The zero-order valence-electron chi connectivity index (χ0n) is 14.6. The molecule has 1 aliphatic heterocycles. The van der Waals surface area contributed by atoms with Crippen molar-refractivity contribution in [1.82, 2.24) is 5.43 Å². The molecule has 2 aromatic rings. The summed E-state index contributed by atoms with van der Waals surface area (Å²) in [6.07, 6.45) is 1.99. The van der Waals surface area contributed by atoms with Crippen LogP contribution < -0.4 is 10.2 Å². The third-order valence-corrected chi connectivity index (χ3v) is 6.32. The van der Waals surface area contributed by atoms with Gasteiger partial charge in [0, 0.05) is 17.3 Å². The zero-order valence-corrected chi connectivity index (χ0v) is 16.3. The molecule has 0 aromatic heterocycles. The van der Waals surface area contributed by atoms with E-state index in [-0.39, 0.29) is 11.2 Å². The number of ether oxygens (including phenoxy) is 1. The molecular formula is C20H22N2O2S2. The van der Waals surface area contributed by atoms with E-state index in [0.717, 1.165) is 28.6 Å². The van der Waals surface area contributed by atoms with Gasteiger partial charge < -0.3 is 4.74 Å². The highest BCUT2D eigenvalue weighted by Gasteiger charge is 2.19. The number of benzene rings is 2. The molecular weight excluding hydrogens is 364 g/mol. The first-order chi connectivity index (χ1) is 12.7. The van der Waals surface area contributed by atoms with Crippen LogP contribution in [0.1, 0.15) is 18.1 Å². The van der Waals surface area contributed by atoms with E-state index in [1.165, 1.54) is 5.56 Å². The molecule has 1 fully saturated rings. The number of hydrazone groups is 1. The second kappa shape index (κ2) is 9.69. The smallest absolute Gasteiger partial charge is 0.252 e. The fourth-order valence-electron chi connectivity index (χ4n) is 2.24. The molecule has 1 amide bonds. The van der Waals surface area contributed by atoms with Crippen LogP contribution in [0.15, 0.2) is 59.7 Å². The lowest BCUT2D eigenvalue weighted by Crippen LogP contribution is -2.30. The Balaban J connectivity index is 1.41. The molecule has 1 unspecified atom stereocenters. The monoisotopic (exact) mass is 386 g/mol.